The molecule has 2 aromatic heterocycles. The van der Waals surface area contributed by atoms with E-state index in [0.717, 1.165) is 35.6 Å². The molecule has 0 bridgehead atoms. The molecule has 0 radical (unpaired) electrons. The predicted molar refractivity (Wildman–Crippen MR) is 114 cm³/mol. The summed E-state index contributed by atoms with van der Waals surface area (Å²) in [7, 11) is 0. The van der Waals surface area contributed by atoms with Crippen molar-refractivity contribution in [2.24, 2.45) is 0 Å². The van der Waals surface area contributed by atoms with Crippen LogP contribution in [0.15, 0.2) is 34.4 Å². The van der Waals surface area contributed by atoms with E-state index in [4.69, 9.17) is 4.74 Å². The fourth-order valence-corrected chi connectivity index (χ4v) is 5.01. The molecule has 3 heterocycles. The van der Waals surface area contributed by atoms with Crippen molar-refractivity contribution in [1.29, 1.82) is 5.26 Å². The number of aliphatic hydroxyl groups is 1. The average Bonchev–Trinajstić information content (AvgIpc) is 3.47. The fraction of sp³-hybridized carbons (Fsp3) is 0.368. The summed E-state index contributed by atoms with van der Waals surface area (Å²) in [6.07, 6.45) is 2.38. The number of para-hydroxylation sites is 2. The topological polar surface area (TPSA) is 120 Å². The second-order valence-electron chi connectivity index (χ2n) is 6.62. The third-order valence-electron chi connectivity index (χ3n) is 4.57. The van der Waals surface area contributed by atoms with Gasteiger partial charge in [0.05, 0.1) is 22.4 Å². The van der Waals surface area contributed by atoms with Crippen LogP contribution in [0.1, 0.15) is 25.6 Å². The number of aromatic amines is 1. The monoisotopic (exact) mass is 428 g/mol. The molecule has 0 aliphatic carbocycles. The van der Waals surface area contributed by atoms with Crippen LogP contribution >= 0.6 is 23.1 Å². The largest absolute Gasteiger partial charge is 0.510 e. The number of aliphatic hydroxyl groups excluding tert-OH is 1. The van der Waals surface area contributed by atoms with Crippen molar-refractivity contribution in [3.05, 3.63) is 35.8 Å². The van der Waals surface area contributed by atoms with E-state index >= 15 is 0 Å². The Kier molecular flexibility index (Phi) is 5.99. The second kappa shape index (κ2) is 8.82. The number of ether oxygens (including phenoxy) is 1. The lowest BCUT2D eigenvalue weighted by Gasteiger charge is -2.09. The highest BCUT2D eigenvalue weighted by Gasteiger charge is 2.21. The first-order valence-corrected chi connectivity index (χ1v) is 11.0. The van der Waals surface area contributed by atoms with Gasteiger partial charge in [-0.05, 0) is 31.9 Å². The second-order valence-corrected chi connectivity index (χ2v) is 9.19. The molecule has 2 atom stereocenters. The summed E-state index contributed by atoms with van der Waals surface area (Å²) in [6, 6.07) is 9.56. The molecule has 1 aromatic carbocycles. The number of aromatic nitrogens is 4. The van der Waals surface area contributed by atoms with Crippen LogP contribution in [0.4, 0.5) is 5.13 Å². The van der Waals surface area contributed by atoms with E-state index in [9.17, 15) is 10.4 Å². The quantitative estimate of drug-likeness (QED) is 0.294. The number of hydrogen-bond donors (Lipinski definition) is 3. The first-order valence-electron chi connectivity index (χ1n) is 9.28. The molecule has 1 aliphatic rings. The number of H-pyrrole nitrogens is 1. The lowest BCUT2D eigenvalue weighted by molar-refractivity contribution is 0.120. The molecule has 10 heteroatoms. The average molecular weight is 429 g/mol. The van der Waals surface area contributed by atoms with E-state index in [1.807, 2.05) is 31.2 Å². The Labute approximate surface area is 176 Å². The Balaban J connectivity index is 1.45. The number of fused-ring (bicyclic) bond motifs is 1. The normalized spacial score (nSPS) is 18.4. The molecule has 29 heavy (non-hydrogen) atoms. The van der Waals surface area contributed by atoms with E-state index in [2.05, 4.69) is 31.6 Å². The molecule has 8 nitrogen and oxygen atoms in total. The highest BCUT2D eigenvalue weighted by molar-refractivity contribution is 8.01. The van der Waals surface area contributed by atoms with Gasteiger partial charge in [-0.15, -0.1) is 10.2 Å². The zero-order valence-corrected chi connectivity index (χ0v) is 17.4. The lowest BCUT2D eigenvalue weighted by atomic mass is 10.2. The molecular weight excluding hydrogens is 408 g/mol. The zero-order chi connectivity index (χ0) is 20.2. The number of nitrogens with one attached hydrogen (secondary N) is 2. The van der Waals surface area contributed by atoms with Gasteiger partial charge in [0.2, 0.25) is 5.13 Å². The summed E-state index contributed by atoms with van der Waals surface area (Å²) < 4.78 is 6.30. The van der Waals surface area contributed by atoms with Crippen LogP contribution in [0.5, 0.6) is 0 Å². The Bertz CT molecular complexity index is 1030. The molecule has 4 rings (SSSR count). The molecule has 0 unspecified atom stereocenters. The minimum atomic E-state index is -0.378. The van der Waals surface area contributed by atoms with Crippen LogP contribution in [0.3, 0.4) is 0 Å². The van der Waals surface area contributed by atoms with Crippen LogP contribution < -0.4 is 5.32 Å². The van der Waals surface area contributed by atoms with Crippen molar-refractivity contribution in [3.63, 3.8) is 0 Å². The molecule has 150 valence electrons. The van der Waals surface area contributed by atoms with Gasteiger partial charge in [0.1, 0.15) is 17.4 Å². The van der Waals surface area contributed by atoms with Crippen molar-refractivity contribution in [2.75, 3.05) is 18.5 Å². The van der Waals surface area contributed by atoms with E-state index < -0.39 is 0 Å². The van der Waals surface area contributed by atoms with Crippen molar-refractivity contribution in [2.45, 2.75) is 35.5 Å². The number of hydrogen-bond acceptors (Lipinski definition) is 9. The van der Waals surface area contributed by atoms with E-state index in [1.165, 1.54) is 23.1 Å². The fourth-order valence-electron chi connectivity index (χ4n) is 3.05. The number of rotatable bonds is 7. The molecule has 1 aliphatic heterocycles. The van der Waals surface area contributed by atoms with Gasteiger partial charge < -0.3 is 20.1 Å². The number of imidazole rings is 1. The Morgan fingerprint density at radius 2 is 2.34 bits per heavy atom. The molecule has 1 saturated heterocycles. The predicted octanol–water partition coefficient (Wildman–Crippen LogP) is 3.98. The molecule has 3 aromatic rings. The van der Waals surface area contributed by atoms with Crippen LogP contribution in [0, 0.1) is 11.3 Å². The summed E-state index contributed by atoms with van der Waals surface area (Å²) in [5.41, 5.74) is 1.69. The summed E-state index contributed by atoms with van der Waals surface area (Å²) in [4.78, 5) is 7.49. The van der Waals surface area contributed by atoms with Gasteiger partial charge >= 0.3 is 0 Å². The number of anilines is 1. The number of nitriles is 1. The van der Waals surface area contributed by atoms with Crippen LogP contribution in [-0.2, 0) is 4.74 Å². The number of thioether (sulfide) groups is 1. The molecular formula is C19H20N6O2S2. The van der Waals surface area contributed by atoms with Crippen molar-refractivity contribution < 1.29 is 9.84 Å². The van der Waals surface area contributed by atoms with Gasteiger partial charge in [-0.2, -0.15) is 5.26 Å². The molecule has 0 spiro atoms. The van der Waals surface area contributed by atoms with E-state index in [0.29, 0.717) is 16.7 Å². The Hall–Kier alpha value is -2.61. The maximum atomic E-state index is 10.7. The molecule has 1 fully saturated rings. The summed E-state index contributed by atoms with van der Waals surface area (Å²) in [6.45, 7) is 3.35. The number of benzene rings is 1. The van der Waals surface area contributed by atoms with Gasteiger partial charge in [-0.25, -0.2) is 4.98 Å². The van der Waals surface area contributed by atoms with Gasteiger partial charge in [0.25, 0.3) is 0 Å². The van der Waals surface area contributed by atoms with Gasteiger partial charge in [-0.1, -0.05) is 35.2 Å². The SMILES string of the molecule is C[C@H](Sc1nnc(NC[C@@H]2CCCO2)s1)C(O)=C(C#N)c1nc2ccccc2[nH]1. The van der Waals surface area contributed by atoms with Crippen molar-refractivity contribution in [3.8, 4) is 6.07 Å². The molecule has 0 saturated carbocycles. The first kappa shape index (κ1) is 19.7. The van der Waals surface area contributed by atoms with Crippen LogP contribution in [0.2, 0.25) is 0 Å². The molecule has 3 N–H and O–H groups in total. The smallest absolute Gasteiger partial charge is 0.206 e. The lowest BCUT2D eigenvalue weighted by Crippen LogP contribution is -2.18. The molecule has 0 amide bonds. The Morgan fingerprint density at radius 1 is 1.48 bits per heavy atom. The number of allylic oxidation sites excluding steroid dienone is 1. The zero-order valence-electron chi connectivity index (χ0n) is 15.8. The standard InChI is InChI=1S/C19H20N6O2S2/c1-11(28-19-25-24-18(29-19)21-10-12-5-4-8-27-12)16(26)13(9-20)17-22-14-6-2-3-7-15(14)23-17/h2-3,6-7,11-12,26H,4-5,8,10H2,1H3,(H,21,24)(H,22,23)/t11-,12-/m0/s1. The highest BCUT2D eigenvalue weighted by Crippen LogP contribution is 2.33. The summed E-state index contributed by atoms with van der Waals surface area (Å²) >= 11 is 2.76. The summed E-state index contributed by atoms with van der Waals surface area (Å²) in [5, 5.41) is 32.2. The van der Waals surface area contributed by atoms with E-state index in [1.54, 1.807) is 0 Å². The van der Waals surface area contributed by atoms with E-state index in [-0.39, 0.29) is 22.7 Å². The third-order valence-corrected chi connectivity index (χ3v) is 6.64. The minimum Gasteiger partial charge on any atom is -0.510 e. The van der Waals surface area contributed by atoms with Crippen molar-refractivity contribution >= 4 is 44.8 Å². The first-order chi connectivity index (χ1) is 14.1. The minimum absolute atomic E-state index is 0.0411. The maximum Gasteiger partial charge on any atom is 0.206 e. The van der Waals surface area contributed by atoms with Crippen LogP contribution in [-0.4, -0.2) is 49.8 Å². The number of nitrogens with zero attached hydrogens (tertiary/aromatic N) is 4. The summed E-state index contributed by atoms with van der Waals surface area (Å²) in [5.74, 6) is 0.315. The van der Waals surface area contributed by atoms with Gasteiger partial charge in [0, 0.05) is 13.2 Å². The van der Waals surface area contributed by atoms with Gasteiger partial charge in [-0.3, -0.25) is 0 Å². The maximum absolute atomic E-state index is 10.7. The van der Waals surface area contributed by atoms with Crippen LogP contribution in [0.25, 0.3) is 16.6 Å². The van der Waals surface area contributed by atoms with Crippen molar-refractivity contribution in [1.82, 2.24) is 20.2 Å². The van der Waals surface area contributed by atoms with Gasteiger partial charge in [0.15, 0.2) is 10.2 Å². The Morgan fingerprint density at radius 3 is 3.10 bits per heavy atom. The highest BCUT2D eigenvalue weighted by atomic mass is 32.2. The third kappa shape index (κ3) is 4.53.